The second kappa shape index (κ2) is 7.71. The van der Waals surface area contributed by atoms with Crippen LogP contribution < -0.4 is 5.32 Å². The van der Waals surface area contributed by atoms with E-state index in [1.54, 1.807) is 0 Å². The van der Waals surface area contributed by atoms with E-state index in [1.807, 2.05) is 18.2 Å². The quantitative estimate of drug-likeness (QED) is 0.780. The van der Waals surface area contributed by atoms with Crippen molar-refractivity contribution in [3.05, 3.63) is 69.9 Å². The summed E-state index contributed by atoms with van der Waals surface area (Å²) in [7, 11) is 0. The summed E-state index contributed by atoms with van der Waals surface area (Å²) in [6.45, 7) is 5.16. The molecule has 0 aliphatic carbocycles. The summed E-state index contributed by atoms with van der Waals surface area (Å²) in [4.78, 5) is 0. The Morgan fingerprint density at radius 2 is 1.71 bits per heavy atom. The van der Waals surface area contributed by atoms with Gasteiger partial charge in [-0.25, -0.2) is 4.39 Å². The third-order valence-corrected chi connectivity index (χ3v) is 4.31. The van der Waals surface area contributed by atoms with Gasteiger partial charge in [-0.15, -0.1) is 0 Å². The van der Waals surface area contributed by atoms with Crippen molar-refractivity contribution in [2.75, 3.05) is 6.54 Å². The Balaban J connectivity index is 2.19. The summed E-state index contributed by atoms with van der Waals surface area (Å²) >= 11 is 3.61. The van der Waals surface area contributed by atoms with E-state index in [4.69, 9.17) is 0 Å². The van der Waals surface area contributed by atoms with E-state index >= 15 is 0 Å². The Bertz CT molecular complexity index is 566. The fourth-order valence-electron chi connectivity index (χ4n) is 2.35. The highest BCUT2D eigenvalue weighted by molar-refractivity contribution is 9.10. The van der Waals surface area contributed by atoms with Crippen LogP contribution in [-0.4, -0.2) is 12.6 Å². The van der Waals surface area contributed by atoms with Gasteiger partial charge in [0.1, 0.15) is 5.82 Å². The molecule has 2 aromatic rings. The zero-order chi connectivity index (χ0) is 15.2. The van der Waals surface area contributed by atoms with E-state index in [0.717, 1.165) is 17.4 Å². The number of nitrogens with one attached hydrogen (secondary N) is 1. The molecular weight excluding hydrogens is 329 g/mol. The highest BCUT2D eigenvalue weighted by atomic mass is 79.9. The zero-order valence-corrected chi connectivity index (χ0v) is 14.0. The van der Waals surface area contributed by atoms with Gasteiger partial charge in [-0.3, -0.25) is 0 Å². The van der Waals surface area contributed by atoms with E-state index < -0.39 is 0 Å². The van der Waals surface area contributed by atoms with Crippen LogP contribution in [-0.2, 0) is 6.42 Å². The monoisotopic (exact) mass is 349 g/mol. The molecule has 1 atom stereocenters. The van der Waals surface area contributed by atoms with Crippen LogP contribution in [0.15, 0.2) is 53.0 Å². The maximum Gasteiger partial charge on any atom is 0.123 e. The van der Waals surface area contributed by atoms with Crippen LogP contribution in [0, 0.1) is 5.82 Å². The van der Waals surface area contributed by atoms with Gasteiger partial charge in [-0.05, 0) is 35.7 Å². The molecule has 21 heavy (non-hydrogen) atoms. The fourth-order valence-corrected chi connectivity index (χ4v) is 2.80. The molecule has 3 heteroatoms. The average Bonchev–Trinajstić information content (AvgIpc) is 2.46. The molecule has 1 N–H and O–H groups in total. The summed E-state index contributed by atoms with van der Waals surface area (Å²) in [6, 6.07) is 15.6. The molecule has 0 aliphatic heterocycles. The predicted octanol–water partition coefficient (Wildman–Crippen LogP) is 4.91. The first-order valence-corrected chi connectivity index (χ1v) is 8.08. The van der Waals surface area contributed by atoms with Gasteiger partial charge in [-0.2, -0.15) is 0 Å². The van der Waals surface area contributed by atoms with Crippen molar-refractivity contribution in [3.8, 4) is 0 Å². The molecule has 0 radical (unpaired) electrons. The lowest BCUT2D eigenvalue weighted by Gasteiger charge is -2.20. The normalized spacial score (nSPS) is 12.6. The van der Waals surface area contributed by atoms with Gasteiger partial charge < -0.3 is 5.32 Å². The van der Waals surface area contributed by atoms with Crippen LogP contribution in [0.4, 0.5) is 4.39 Å². The van der Waals surface area contributed by atoms with Gasteiger partial charge in [-0.1, -0.05) is 60.1 Å². The molecule has 1 unspecified atom stereocenters. The van der Waals surface area contributed by atoms with Crippen molar-refractivity contribution in [2.45, 2.75) is 32.2 Å². The molecule has 0 aliphatic rings. The Labute approximate surface area is 134 Å². The molecule has 2 rings (SSSR count). The minimum Gasteiger partial charge on any atom is -0.314 e. The van der Waals surface area contributed by atoms with Gasteiger partial charge in [0, 0.05) is 23.0 Å². The Hall–Kier alpha value is -1.19. The Morgan fingerprint density at radius 3 is 2.33 bits per heavy atom. The Morgan fingerprint density at radius 1 is 1.05 bits per heavy atom. The van der Waals surface area contributed by atoms with E-state index in [-0.39, 0.29) is 5.82 Å². The highest BCUT2D eigenvalue weighted by Crippen LogP contribution is 2.25. The van der Waals surface area contributed by atoms with Gasteiger partial charge in [0.25, 0.3) is 0 Å². The van der Waals surface area contributed by atoms with E-state index in [1.165, 1.54) is 23.3 Å². The topological polar surface area (TPSA) is 12.0 Å². The minimum atomic E-state index is -0.185. The number of hydrogen-bond donors (Lipinski definition) is 1. The van der Waals surface area contributed by atoms with E-state index in [2.05, 4.69) is 53.3 Å². The van der Waals surface area contributed by atoms with Crippen LogP contribution in [0.2, 0.25) is 0 Å². The molecule has 0 spiro atoms. The van der Waals surface area contributed by atoms with Crippen LogP contribution in [0.3, 0.4) is 0 Å². The maximum absolute atomic E-state index is 13.1. The summed E-state index contributed by atoms with van der Waals surface area (Å²) in [5.41, 5.74) is 2.44. The first-order chi connectivity index (χ1) is 10.1. The molecule has 0 saturated heterocycles. The van der Waals surface area contributed by atoms with Crippen molar-refractivity contribution < 1.29 is 4.39 Å². The van der Waals surface area contributed by atoms with Crippen LogP contribution in [0.5, 0.6) is 0 Å². The van der Waals surface area contributed by atoms with Gasteiger partial charge in [0.2, 0.25) is 0 Å². The summed E-state index contributed by atoms with van der Waals surface area (Å²) in [5.74, 6) is 0.141. The summed E-state index contributed by atoms with van der Waals surface area (Å²) in [5, 5.41) is 3.49. The molecule has 1 nitrogen and oxygen atoms in total. The molecule has 112 valence electrons. The second-order valence-electron chi connectivity index (χ2n) is 5.61. The molecule has 0 fully saturated rings. The number of hydrogen-bond acceptors (Lipinski definition) is 1. The van der Waals surface area contributed by atoms with E-state index in [9.17, 15) is 4.39 Å². The molecule has 0 aromatic heterocycles. The van der Waals surface area contributed by atoms with Crippen molar-refractivity contribution in [3.63, 3.8) is 0 Å². The van der Waals surface area contributed by atoms with Gasteiger partial charge >= 0.3 is 0 Å². The third-order valence-electron chi connectivity index (χ3n) is 3.54. The Kier molecular flexibility index (Phi) is 5.95. The molecule has 0 bridgehead atoms. The minimum absolute atomic E-state index is 0.185. The SMILES string of the molecule is CC(C)NCC(Cc1ccccc1Br)c1ccc(F)cc1. The van der Waals surface area contributed by atoms with E-state index in [0.29, 0.717) is 12.0 Å². The lowest BCUT2D eigenvalue weighted by atomic mass is 9.91. The lowest BCUT2D eigenvalue weighted by Crippen LogP contribution is -2.29. The number of halogens is 2. The molecule has 2 aromatic carbocycles. The second-order valence-corrected chi connectivity index (χ2v) is 6.46. The molecule has 0 amide bonds. The highest BCUT2D eigenvalue weighted by Gasteiger charge is 2.14. The largest absolute Gasteiger partial charge is 0.314 e. The molecule has 0 heterocycles. The van der Waals surface area contributed by atoms with Crippen molar-refractivity contribution in [1.29, 1.82) is 0 Å². The van der Waals surface area contributed by atoms with Crippen LogP contribution in [0.25, 0.3) is 0 Å². The van der Waals surface area contributed by atoms with Crippen molar-refractivity contribution in [2.24, 2.45) is 0 Å². The first-order valence-electron chi connectivity index (χ1n) is 7.28. The maximum atomic E-state index is 13.1. The van der Waals surface area contributed by atoms with Crippen molar-refractivity contribution in [1.82, 2.24) is 5.32 Å². The average molecular weight is 350 g/mol. The first kappa shape index (κ1) is 16.2. The fraction of sp³-hybridized carbons (Fsp3) is 0.333. The smallest absolute Gasteiger partial charge is 0.123 e. The predicted molar refractivity (Wildman–Crippen MR) is 90.1 cm³/mol. The standard InChI is InChI=1S/C18H21BrFN/c1-13(2)21-12-16(14-7-9-17(20)10-8-14)11-15-5-3-4-6-18(15)19/h3-10,13,16,21H,11-12H2,1-2H3. The summed E-state index contributed by atoms with van der Waals surface area (Å²) in [6.07, 6.45) is 0.923. The van der Waals surface area contributed by atoms with Crippen LogP contribution in [0.1, 0.15) is 30.9 Å². The van der Waals surface area contributed by atoms with Crippen molar-refractivity contribution >= 4 is 15.9 Å². The number of rotatable bonds is 6. The zero-order valence-electron chi connectivity index (χ0n) is 12.4. The molecule has 0 saturated carbocycles. The summed E-state index contributed by atoms with van der Waals surface area (Å²) < 4.78 is 14.3. The van der Waals surface area contributed by atoms with Crippen LogP contribution >= 0.6 is 15.9 Å². The van der Waals surface area contributed by atoms with Gasteiger partial charge in [0.05, 0.1) is 0 Å². The third kappa shape index (κ3) is 4.94. The molecular formula is C18H21BrFN. The van der Waals surface area contributed by atoms with Gasteiger partial charge in [0.15, 0.2) is 0 Å². The lowest BCUT2D eigenvalue weighted by molar-refractivity contribution is 0.525. The number of benzene rings is 2.